The Morgan fingerprint density at radius 3 is 2.55 bits per heavy atom. The van der Waals surface area contributed by atoms with Gasteiger partial charge in [-0.05, 0) is 30.0 Å². The van der Waals surface area contributed by atoms with Crippen LogP contribution in [0.2, 0.25) is 0 Å². The van der Waals surface area contributed by atoms with Gasteiger partial charge in [-0.2, -0.15) is 0 Å². The van der Waals surface area contributed by atoms with Gasteiger partial charge in [0.05, 0.1) is 13.2 Å². The molecule has 0 spiro atoms. The number of hydrogen-bond donors (Lipinski definition) is 0. The molecule has 1 unspecified atom stereocenters. The lowest BCUT2D eigenvalue weighted by atomic mass is 9.91. The summed E-state index contributed by atoms with van der Waals surface area (Å²) < 4.78 is 18.3. The number of amides is 1. The third kappa shape index (κ3) is 4.04. The summed E-state index contributed by atoms with van der Waals surface area (Å²) in [5, 5.41) is 0. The van der Waals surface area contributed by atoms with Crippen LogP contribution in [0.1, 0.15) is 37.7 Å². The molecule has 1 aliphatic rings. The Kier molecular flexibility index (Phi) is 5.53. The zero-order valence-corrected chi connectivity index (χ0v) is 12.0. The summed E-state index contributed by atoms with van der Waals surface area (Å²) in [6.07, 6.45) is 2.46. The minimum Gasteiger partial charge on any atom is -0.378 e. The zero-order valence-electron chi connectivity index (χ0n) is 12.0. The van der Waals surface area contributed by atoms with E-state index in [0.717, 1.165) is 18.4 Å². The number of benzene rings is 1. The summed E-state index contributed by atoms with van der Waals surface area (Å²) in [7, 11) is 0. The van der Waals surface area contributed by atoms with E-state index in [9.17, 15) is 9.18 Å². The second-order valence-electron chi connectivity index (χ2n) is 5.23. The van der Waals surface area contributed by atoms with Crippen LogP contribution in [0.4, 0.5) is 4.39 Å². The predicted molar refractivity (Wildman–Crippen MR) is 76.1 cm³/mol. The first-order chi connectivity index (χ1) is 9.70. The van der Waals surface area contributed by atoms with E-state index in [-0.39, 0.29) is 17.6 Å². The highest BCUT2D eigenvalue weighted by atomic mass is 19.1. The summed E-state index contributed by atoms with van der Waals surface area (Å²) in [6, 6.07) is 6.53. The average Bonchev–Trinajstić information content (AvgIpc) is 2.48. The molecule has 1 fully saturated rings. The minimum absolute atomic E-state index is 0.177. The van der Waals surface area contributed by atoms with Crippen LogP contribution in [-0.4, -0.2) is 37.1 Å². The first-order valence-electron chi connectivity index (χ1n) is 7.31. The van der Waals surface area contributed by atoms with Crippen molar-refractivity contribution in [1.82, 2.24) is 4.90 Å². The van der Waals surface area contributed by atoms with Crippen LogP contribution in [0, 0.1) is 5.82 Å². The molecule has 1 atom stereocenters. The van der Waals surface area contributed by atoms with Gasteiger partial charge in [0.25, 0.3) is 0 Å². The Morgan fingerprint density at radius 1 is 1.30 bits per heavy atom. The third-order valence-electron chi connectivity index (χ3n) is 3.76. The normalized spacial score (nSPS) is 17.0. The maximum atomic E-state index is 13.0. The Balaban J connectivity index is 2.01. The van der Waals surface area contributed by atoms with Gasteiger partial charge in [-0.15, -0.1) is 0 Å². The molecule has 1 aromatic rings. The quantitative estimate of drug-likeness (QED) is 0.829. The van der Waals surface area contributed by atoms with Gasteiger partial charge in [0.15, 0.2) is 0 Å². The van der Waals surface area contributed by atoms with Crippen molar-refractivity contribution in [3.8, 4) is 0 Å². The molecule has 1 aromatic carbocycles. The van der Waals surface area contributed by atoms with Crippen LogP contribution in [0.15, 0.2) is 24.3 Å². The number of hydrogen-bond acceptors (Lipinski definition) is 2. The van der Waals surface area contributed by atoms with E-state index in [4.69, 9.17) is 4.74 Å². The van der Waals surface area contributed by atoms with E-state index >= 15 is 0 Å². The molecule has 110 valence electrons. The fraction of sp³-hybridized carbons (Fsp3) is 0.562. The smallest absolute Gasteiger partial charge is 0.223 e. The first-order valence-corrected chi connectivity index (χ1v) is 7.31. The number of rotatable bonds is 5. The van der Waals surface area contributed by atoms with Crippen LogP contribution in [0.3, 0.4) is 0 Å². The molecular formula is C16H22FNO2. The lowest BCUT2D eigenvalue weighted by Crippen LogP contribution is -2.41. The van der Waals surface area contributed by atoms with E-state index < -0.39 is 0 Å². The third-order valence-corrected chi connectivity index (χ3v) is 3.76. The number of ether oxygens (including phenoxy) is 1. The Morgan fingerprint density at radius 2 is 1.95 bits per heavy atom. The molecule has 1 heterocycles. The van der Waals surface area contributed by atoms with Crippen molar-refractivity contribution in [2.75, 3.05) is 26.3 Å². The predicted octanol–water partition coefficient (Wildman–Crippen LogP) is 2.96. The minimum atomic E-state index is -0.233. The fourth-order valence-corrected chi connectivity index (χ4v) is 2.62. The van der Waals surface area contributed by atoms with E-state index in [1.165, 1.54) is 12.1 Å². The molecule has 20 heavy (non-hydrogen) atoms. The van der Waals surface area contributed by atoms with Gasteiger partial charge in [-0.25, -0.2) is 4.39 Å². The Bertz CT molecular complexity index is 427. The summed E-state index contributed by atoms with van der Waals surface area (Å²) in [6.45, 7) is 4.72. The van der Waals surface area contributed by atoms with Crippen molar-refractivity contribution in [3.05, 3.63) is 35.6 Å². The van der Waals surface area contributed by atoms with E-state index in [1.807, 2.05) is 4.90 Å². The van der Waals surface area contributed by atoms with Gasteiger partial charge >= 0.3 is 0 Å². The molecule has 1 aliphatic heterocycles. The summed E-state index contributed by atoms with van der Waals surface area (Å²) in [4.78, 5) is 14.2. The lowest BCUT2D eigenvalue weighted by molar-refractivity contribution is -0.135. The average molecular weight is 279 g/mol. The van der Waals surface area contributed by atoms with Crippen molar-refractivity contribution >= 4 is 5.91 Å². The summed E-state index contributed by atoms with van der Waals surface area (Å²) >= 11 is 0. The molecule has 0 radical (unpaired) electrons. The number of carbonyl (C=O) groups is 1. The highest BCUT2D eigenvalue weighted by Gasteiger charge is 2.21. The van der Waals surface area contributed by atoms with Gasteiger partial charge in [0.1, 0.15) is 5.82 Å². The van der Waals surface area contributed by atoms with Crippen molar-refractivity contribution in [1.29, 1.82) is 0 Å². The van der Waals surface area contributed by atoms with E-state index in [1.54, 1.807) is 12.1 Å². The van der Waals surface area contributed by atoms with Crippen molar-refractivity contribution in [2.24, 2.45) is 0 Å². The second-order valence-corrected chi connectivity index (χ2v) is 5.23. The van der Waals surface area contributed by atoms with Crippen molar-refractivity contribution < 1.29 is 13.9 Å². The fourth-order valence-electron chi connectivity index (χ4n) is 2.62. The second kappa shape index (κ2) is 7.39. The topological polar surface area (TPSA) is 29.5 Å². The molecule has 1 saturated heterocycles. The molecule has 0 aromatic heterocycles. The van der Waals surface area contributed by atoms with Crippen LogP contribution in [-0.2, 0) is 9.53 Å². The molecule has 2 rings (SSSR count). The maximum Gasteiger partial charge on any atom is 0.223 e. The van der Waals surface area contributed by atoms with Gasteiger partial charge in [-0.3, -0.25) is 4.79 Å². The van der Waals surface area contributed by atoms with Crippen LogP contribution in [0.25, 0.3) is 0 Å². The molecule has 0 N–H and O–H groups in total. The van der Waals surface area contributed by atoms with Gasteiger partial charge in [-0.1, -0.05) is 25.5 Å². The van der Waals surface area contributed by atoms with Crippen LogP contribution < -0.4 is 0 Å². The monoisotopic (exact) mass is 279 g/mol. The summed E-state index contributed by atoms with van der Waals surface area (Å²) in [5.74, 6) is 0.121. The van der Waals surface area contributed by atoms with Crippen molar-refractivity contribution in [2.45, 2.75) is 32.1 Å². The number of morpholine rings is 1. The number of halogens is 1. The maximum absolute atomic E-state index is 13.0. The molecule has 4 heteroatoms. The molecule has 3 nitrogen and oxygen atoms in total. The molecular weight excluding hydrogens is 257 g/mol. The number of carbonyl (C=O) groups excluding carboxylic acids is 1. The lowest BCUT2D eigenvalue weighted by Gasteiger charge is -2.28. The zero-order chi connectivity index (χ0) is 14.4. The SMILES string of the molecule is CCCC(CC(=O)N1CCOCC1)c1ccc(F)cc1. The summed E-state index contributed by atoms with van der Waals surface area (Å²) in [5.41, 5.74) is 1.05. The Hall–Kier alpha value is -1.42. The molecule has 0 aliphatic carbocycles. The largest absolute Gasteiger partial charge is 0.378 e. The van der Waals surface area contributed by atoms with Gasteiger partial charge in [0, 0.05) is 19.5 Å². The van der Waals surface area contributed by atoms with Gasteiger partial charge < -0.3 is 9.64 Å². The number of nitrogens with zero attached hydrogens (tertiary/aromatic N) is 1. The molecule has 0 bridgehead atoms. The highest BCUT2D eigenvalue weighted by Crippen LogP contribution is 2.26. The first kappa shape index (κ1) is 15.0. The van der Waals surface area contributed by atoms with E-state index in [2.05, 4.69) is 6.92 Å². The van der Waals surface area contributed by atoms with Crippen molar-refractivity contribution in [3.63, 3.8) is 0 Å². The van der Waals surface area contributed by atoms with Crippen LogP contribution in [0.5, 0.6) is 0 Å². The molecule has 1 amide bonds. The van der Waals surface area contributed by atoms with E-state index in [0.29, 0.717) is 32.7 Å². The molecule has 0 saturated carbocycles. The van der Waals surface area contributed by atoms with Crippen LogP contribution >= 0.6 is 0 Å². The standard InChI is InChI=1S/C16H22FNO2/c1-2-3-14(13-4-6-15(17)7-5-13)12-16(19)18-8-10-20-11-9-18/h4-7,14H,2-3,8-12H2,1H3. The highest BCUT2D eigenvalue weighted by molar-refractivity contribution is 5.77. The Labute approximate surface area is 119 Å². The van der Waals surface area contributed by atoms with Gasteiger partial charge in [0.2, 0.25) is 5.91 Å².